The molecule has 1 aromatic rings. The zero-order chi connectivity index (χ0) is 24.1. The predicted molar refractivity (Wildman–Crippen MR) is 129 cm³/mol. The van der Waals surface area contributed by atoms with Crippen molar-refractivity contribution < 1.29 is 19.0 Å². The highest BCUT2D eigenvalue weighted by molar-refractivity contribution is 5.66. The number of anilines is 1. The van der Waals surface area contributed by atoms with Crippen LogP contribution in [-0.4, -0.2) is 40.8 Å². The molecule has 1 saturated carbocycles. The van der Waals surface area contributed by atoms with Crippen molar-refractivity contribution in [3.8, 4) is 0 Å². The minimum atomic E-state index is -1.20. The van der Waals surface area contributed by atoms with Gasteiger partial charge in [0.05, 0.1) is 23.1 Å². The van der Waals surface area contributed by atoms with Crippen LogP contribution in [0.25, 0.3) is 0 Å². The molecule has 0 aromatic heterocycles. The van der Waals surface area contributed by atoms with E-state index in [2.05, 4.69) is 30.3 Å². The van der Waals surface area contributed by atoms with E-state index < -0.39 is 23.3 Å². The van der Waals surface area contributed by atoms with Gasteiger partial charge in [-0.15, -0.1) is 0 Å². The summed E-state index contributed by atoms with van der Waals surface area (Å²) in [7, 11) is 0. The van der Waals surface area contributed by atoms with Gasteiger partial charge >= 0.3 is 0 Å². The smallest absolute Gasteiger partial charge is 0.139 e. The van der Waals surface area contributed by atoms with Crippen molar-refractivity contribution in [3.63, 3.8) is 0 Å². The number of alkyl halides is 1. The largest absolute Gasteiger partial charge is 0.389 e. The molecule has 0 radical (unpaired) electrons. The van der Waals surface area contributed by atoms with Gasteiger partial charge in [0.25, 0.3) is 0 Å². The maximum atomic E-state index is 13.8. The number of nitrogens with zero attached hydrogens (tertiary/aromatic N) is 2. The minimum absolute atomic E-state index is 0.117. The maximum absolute atomic E-state index is 13.8. The van der Waals surface area contributed by atoms with Crippen LogP contribution in [0, 0.1) is 17.2 Å². The lowest BCUT2D eigenvalue weighted by molar-refractivity contribution is -0.0954. The molecule has 7 heteroatoms. The van der Waals surface area contributed by atoms with Crippen LogP contribution in [0.2, 0.25) is 0 Å². The van der Waals surface area contributed by atoms with Gasteiger partial charge in [0, 0.05) is 37.2 Å². The van der Waals surface area contributed by atoms with Gasteiger partial charge in [-0.05, 0) is 73.1 Å². The first-order valence-corrected chi connectivity index (χ1v) is 12.2. The number of hydrazine groups is 1. The third kappa shape index (κ3) is 3.74. The van der Waals surface area contributed by atoms with Crippen molar-refractivity contribution in [2.75, 3.05) is 11.6 Å². The molecule has 34 heavy (non-hydrogen) atoms. The lowest BCUT2D eigenvalue weighted by atomic mass is 9.58. The fraction of sp³-hybridized carbons (Fsp3) is 0.519. The normalized spacial score (nSPS) is 31.9. The number of allylic oxidation sites excluding steroid dienone is 1. The number of nitrogens with one attached hydrogen (secondary N) is 1. The van der Waals surface area contributed by atoms with Gasteiger partial charge in [0.1, 0.15) is 12.0 Å². The highest BCUT2D eigenvalue weighted by Gasteiger charge is 2.60. The van der Waals surface area contributed by atoms with Gasteiger partial charge in [-0.1, -0.05) is 19.4 Å². The van der Waals surface area contributed by atoms with Crippen molar-refractivity contribution in [2.24, 2.45) is 16.3 Å². The van der Waals surface area contributed by atoms with Gasteiger partial charge < -0.3 is 10.2 Å². The van der Waals surface area contributed by atoms with Gasteiger partial charge in [-0.2, -0.15) is 0 Å². The maximum Gasteiger partial charge on any atom is 0.139 e. The Balaban J connectivity index is 1.48. The molecule has 1 fully saturated rings. The summed E-state index contributed by atoms with van der Waals surface area (Å²) in [5, 5.41) is 25.1. The Bertz CT molecular complexity index is 1080. The first-order chi connectivity index (χ1) is 16.2. The van der Waals surface area contributed by atoms with Gasteiger partial charge in [0.15, 0.2) is 0 Å². The Labute approximate surface area is 199 Å². The van der Waals surface area contributed by atoms with E-state index >= 15 is 0 Å². The third-order valence-electron chi connectivity index (χ3n) is 8.26. The van der Waals surface area contributed by atoms with Crippen LogP contribution in [0.5, 0.6) is 0 Å². The molecule has 2 aliphatic heterocycles. The van der Waals surface area contributed by atoms with Crippen molar-refractivity contribution in [1.82, 2.24) is 5.43 Å². The lowest BCUT2D eigenvalue weighted by Gasteiger charge is -2.51. The minimum Gasteiger partial charge on any atom is -0.389 e. The zero-order valence-electron chi connectivity index (χ0n) is 19.8. The van der Waals surface area contributed by atoms with Crippen LogP contribution in [-0.2, 0) is 0 Å². The average molecular weight is 470 g/mol. The summed E-state index contributed by atoms with van der Waals surface area (Å²) in [5.41, 5.74) is 6.74. The number of halogens is 2. The van der Waals surface area contributed by atoms with Crippen molar-refractivity contribution in [3.05, 3.63) is 64.8 Å². The molecule has 4 aliphatic rings. The lowest BCUT2D eigenvalue weighted by Crippen LogP contribution is -2.53. The van der Waals surface area contributed by atoms with Gasteiger partial charge in [0.2, 0.25) is 0 Å². The molecule has 0 amide bonds. The van der Waals surface area contributed by atoms with Crippen LogP contribution in [0.4, 0.5) is 14.5 Å². The summed E-state index contributed by atoms with van der Waals surface area (Å²) in [6.45, 7) is 5.03. The van der Waals surface area contributed by atoms with E-state index in [0.29, 0.717) is 18.4 Å². The molecular weight excluding hydrogens is 436 g/mol. The molecule has 5 nitrogen and oxygen atoms in total. The topological polar surface area (TPSA) is 68.1 Å². The van der Waals surface area contributed by atoms with Crippen molar-refractivity contribution in [2.45, 2.75) is 70.2 Å². The number of hydrogen-bond donors (Lipinski definition) is 3. The Hall–Kier alpha value is -2.35. The Morgan fingerprint density at radius 1 is 1.24 bits per heavy atom. The van der Waals surface area contributed by atoms with Gasteiger partial charge in [-0.3, -0.25) is 10.0 Å². The molecule has 2 heterocycles. The fourth-order valence-electron chi connectivity index (χ4n) is 6.56. The number of fused-ring (bicyclic) bond motifs is 1. The molecule has 0 spiro atoms. The summed E-state index contributed by atoms with van der Waals surface area (Å²) in [6, 6.07) is 6.45. The summed E-state index contributed by atoms with van der Waals surface area (Å²) >= 11 is 0. The van der Waals surface area contributed by atoms with Crippen LogP contribution in [0.1, 0.15) is 52.4 Å². The van der Waals surface area contributed by atoms with Crippen molar-refractivity contribution >= 4 is 11.9 Å². The van der Waals surface area contributed by atoms with Crippen LogP contribution in [0.15, 0.2) is 64.0 Å². The Morgan fingerprint density at radius 2 is 2.00 bits per heavy atom. The van der Waals surface area contributed by atoms with Crippen LogP contribution < -0.4 is 10.4 Å². The van der Waals surface area contributed by atoms with E-state index in [-0.39, 0.29) is 24.6 Å². The number of aliphatic hydroxyl groups excluding tert-OH is 1. The highest BCUT2D eigenvalue weighted by Crippen LogP contribution is 2.62. The van der Waals surface area contributed by atoms with Gasteiger partial charge in [-0.25, -0.2) is 14.2 Å². The molecule has 0 bridgehead atoms. The second-order valence-electron chi connectivity index (χ2n) is 10.4. The highest BCUT2D eigenvalue weighted by atomic mass is 19.1. The fourth-order valence-corrected chi connectivity index (χ4v) is 6.56. The molecule has 1 aromatic carbocycles. The second kappa shape index (κ2) is 8.70. The molecule has 0 saturated heterocycles. The quantitative estimate of drug-likeness (QED) is 0.583. The molecule has 5 rings (SSSR count). The first-order valence-electron chi connectivity index (χ1n) is 12.2. The standard InChI is InChI=1S/C27H33F2N3O2/c1-17(2)27-13-18-8-10-31-32(23-5-3-21(28)4-6-23)24(18)12-20(27)7-9-26(27,34)14-25(33)19-11-22(29)16-30-15-19/h3-6,12,15-17,22,25,31,33-34H,7-11,13-14H2,1-2H3. The van der Waals surface area contributed by atoms with Crippen LogP contribution >= 0.6 is 0 Å². The molecule has 182 valence electrons. The number of aliphatic hydroxyl groups is 2. The summed E-state index contributed by atoms with van der Waals surface area (Å²) in [4.78, 5) is 3.93. The predicted octanol–water partition coefficient (Wildman–Crippen LogP) is 4.74. The summed E-state index contributed by atoms with van der Waals surface area (Å²) in [6.07, 6.45) is 5.97. The van der Waals surface area contributed by atoms with E-state index in [4.69, 9.17) is 0 Å². The Kier molecular flexibility index (Phi) is 5.99. The van der Waals surface area contributed by atoms with E-state index in [0.717, 1.165) is 30.8 Å². The van der Waals surface area contributed by atoms with E-state index in [9.17, 15) is 19.0 Å². The molecular formula is C27H33F2N3O2. The summed E-state index contributed by atoms with van der Waals surface area (Å²) < 4.78 is 27.4. The number of aliphatic imine (C=N–C) groups is 1. The number of hydrogen-bond acceptors (Lipinski definition) is 5. The van der Waals surface area contributed by atoms with E-state index in [1.807, 2.05) is 5.01 Å². The first kappa shape index (κ1) is 23.4. The third-order valence-corrected chi connectivity index (χ3v) is 8.26. The molecule has 4 atom stereocenters. The monoisotopic (exact) mass is 469 g/mol. The summed E-state index contributed by atoms with van der Waals surface area (Å²) in [5.74, 6) is -0.123. The Morgan fingerprint density at radius 3 is 2.71 bits per heavy atom. The zero-order valence-corrected chi connectivity index (χ0v) is 19.8. The molecule has 2 aliphatic carbocycles. The second-order valence-corrected chi connectivity index (χ2v) is 10.4. The van der Waals surface area contributed by atoms with Crippen LogP contribution in [0.3, 0.4) is 0 Å². The number of benzene rings is 1. The average Bonchev–Trinajstić information content (AvgIpc) is 3.10. The number of rotatable bonds is 5. The van der Waals surface area contributed by atoms with Crippen molar-refractivity contribution in [1.29, 1.82) is 0 Å². The SMILES string of the molecule is CC(C)C12CC3=C(C=C1CCC2(O)CC(O)C1=CN=CC(F)C1)N(c1ccc(F)cc1)NCC3. The van der Waals surface area contributed by atoms with E-state index in [1.165, 1.54) is 35.7 Å². The molecule has 4 unspecified atom stereocenters. The molecule has 3 N–H and O–H groups in total. The van der Waals surface area contributed by atoms with E-state index in [1.54, 1.807) is 12.1 Å².